The first-order chi connectivity index (χ1) is 14.2. The van der Waals surface area contributed by atoms with Crippen molar-refractivity contribution in [3.63, 3.8) is 0 Å². The van der Waals surface area contributed by atoms with Gasteiger partial charge in [0.2, 0.25) is 5.95 Å². The molecule has 0 fully saturated rings. The van der Waals surface area contributed by atoms with Crippen LogP contribution in [0.3, 0.4) is 0 Å². The molecule has 0 spiro atoms. The minimum Gasteiger partial charge on any atom is -0.324 e. The van der Waals surface area contributed by atoms with Crippen LogP contribution in [-0.4, -0.2) is 14.8 Å². The molecule has 5 rings (SSSR count). The van der Waals surface area contributed by atoms with Crippen LogP contribution in [0.4, 0.5) is 5.95 Å². The van der Waals surface area contributed by atoms with Gasteiger partial charge in [0.1, 0.15) is 6.04 Å². The molecular formula is C23H16BrClN4. The first-order valence-corrected chi connectivity index (χ1v) is 10.4. The molecule has 1 N–H and O–H groups in total. The zero-order chi connectivity index (χ0) is 19.8. The third kappa shape index (κ3) is 3.59. The third-order valence-corrected chi connectivity index (χ3v) is 5.65. The van der Waals surface area contributed by atoms with Crippen LogP contribution in [-0.2, 0) is 0 Å². The van der Waals surface area contributed by atoms with E-state index in [9.17, 15) is 0 Å². The highest BCUT2D eigenvalue weighted by Gasteiger charge is 2.25. The topological polar surface area (TPSA) is 42.7 Å². The summed E-state index contributed by atoms with van der Waals surface area (Å²) in [6.45, 7) is 0. The Labute approximate surface area is 182 Å². The molecule has 142 valence electrons. The summed E-state index contributed by atoms with van der Waals surface area (Å²) >= 11 is 9.53. The number of rotatable bonds is 3. The normalized spacial score (nSPS) is 15.4. The van der Waals surface area contributed by atoms with Crippen molar-refractivity contribution in [1.29, 1.82) is 0 Å². The summed E-state index contributed by atoms with van der Waals surface area (Å²) in [5, 5.41) is 8.93. The van der Waals surface area contributed by atoms with E-state index >= 15 is 0 Å². The summed E-state index contributed by atoms with van der Waals surface area (Å²) < 4.78 is 2.98. The smallest absolute Gasteiger partial charge is 0.227 e. The van der Waals surface area contributed by atoms with Gasteiger partial charge in [-0.1, -0.05) is 70.0 Å². The summed E-state index contributed by atoms with van der Waals surface area (Å²) in [5.74, 6) is 1.37. The molecule has 29 heavy (non-hydrogen) atoms. The Morgan fingerprint density at radius 3 is 2.28 bits per heavy atom. The number of aromatic nitrogens is 3. The highest BCUT2D eigenvalue weighted by Crippen LogP contribution is 2.34. The largest absolute Gasteiger partial charge is 0.324 e. The van der Waals surface area contributed by atoms with Gasteiger partial charge in [0.25, 0.3) is 0 Å². The maximum absolute atomic E-state index is 6.03. The van der Waals surface area contributed by atoms with Gasteiger partial charge < -0.3 is 5.32 Å². The second-order valence-electron chi connectivity index (χ2n) is 6.78. The maximum atomic E-state index is 6.03. The van der Waals surface area contributed by atoms with Gasteiger partial charge in [0.15, 0.2) is 5.82 Å². The van der Waals surface area contributed by atoms with E-state index < -0.39 is 0 Å². The number of anilines is 1. The Morgan fingerprint density at radius 1 is 0.862 bits per heavy atom. The average molecular weight is 464 g/mol. The van der Waals surface area contributed by atoms with Crippen LogP contribution < -0.4 is 5.32 Å². The number of nitrogens with one attached hydrogen (secondary N) is 1. The molecule has 1 aromatic heterocycles. The lowest BCUT2D eigenvalue weighted by Gasteiger charge is -2.24. The second-order valence-corrected chi connectivity index (χ2v) is 8.13. The van der Waals surface area contributed by atoms with Gasteiger partial charge in [0.05, 0.1) is 0 Å². The molecule has 4 nitrogen and oxygen atoms in total. The van der Waals surface area contributed by atoms with Gasteiger partial charge >= 0.3 is 0 Å². The molecule has 0 radical (unpaired) electrons. The summed E-state index contributed by atoms with van der Waals surface area (Å²) in [4.78, 5) is 4.77. The Morgan fingerprint density at radius 2 is 1.55 bits per heavy atom. The van der Waals surface area contributed by atoms with Crippen LogP contribution >= 0.6 is 27.5 Å². The van der Waals surface area contributed by atoms with Crippen molar-refractivity contribution < 1.29 is 0 Å². The standard InChI is InChI=1S/C23H16BrClN4/c24-18-10-6-15(7-11-18)20-14-21(16-4-2-1-3-5-16)29-23(26-20)27-22(28-29)17-8-12-19(25)13-9-17/h1-14,21H,(H,26,27,28)/t21-/m1/s1. The van der Waals surface area contributed by atoms with Gasteiger partial charge in [-0.25, -0.2) is 4.68 Å². The average Bonchev–Trinajstić information content (AvgIpc) is 3.19. The zero-order valence-corrected chi connectivity index (χ0v) is 17.6. The number of halogens is 2. The fourth-order valence-electron chi connectivity index (χ4n) is 3.40. The van der Waals surface area contributed by atoms with E-state index in [1.807, 2.05) is 59.3 Å². The molecule has 0 amide bonds. The molecule has 0 saturated carbocycles. The van der Waals surface area contributed by atoms with Gasteiger partial charge in [0, 0.05) is 20.8 Å². The Bertz CT molecular complexity index is 1180. The number of hydrogen-bond donors (Lipinski definition) is 1. The number of nitrogens with zero attached hydrogens (tertiary/aromatic N) is 3. The van der Waals surface area contributed by atoms with Crippen molar-refractivity contribution in [2.45, 2.75) is 6.04 Å². The van der Waals surface area contributed by atoms with Crippen molar-refractivity contribution in [2.75, 3.05) is 5.32 Å². The van der Waals surface area contributed by atoms with E-state index in [1.165, 1.54) is 0 Å². The molecule has 4 aromatic rings. The van der Waals surface area contributed by atoms with Crippen molar-refractivity contribution >= 4 is 39.2 Å². The van der Waals surface area contributed by atoms with Crippen LogP contribution in [0.25, 0.3) is 17.1 Å². The zero-order valence-electron chi connectivity index (χ0n) is 15.3. The highest BCUT2D eigenvalue weighted by atomic mass is 79.9. The lowest BCUT2D eigenvalue weighted by molar-refractivity contribution is 0.613. The van der Waals surface area contributed by atoms with Crippen LogP contribution in [0.2, 0.25) is 5.02 Å². The molecular weight excluding hydrogens is 448 g/mol. The molecule has 0 saturated heterocycles. The number of hydrogen-bond acceptors (Lipinski definition) is 3. The molecule has 1 aliphatic heterocycles. The first-order valence-electron chi connectivity index (χ1n) is 9.19. The molecule has 6 heteroatoms. The predicted octanol–water partition coefficient (Wildman–Crippen LogP) is 6.42. The fourth-order valence-corrected chi connectivity index (χ4v) is 3.79. The van der Waals surface area contributed by atoms with Gasteiger partial charge in [-0.3, -0.25) is 0 Å². The van der Waals surface area contributed by atoms with E-state index in [-0.39, 0.29) is 6.04 Å². The van der Waals surface area contributed by atoms with Gasteiger partial charge in [-0.05, 0) is 53.6 Å². The summed E-state index contributed by atoms with van der Waals surface area (Å²) in [6, 6.07) is 26.1. The van der Waals surface area contributed by atoms with Crippen molar-refractivity contribution in [3.8, 4) is 11.4 Å². The molecule has 1 aliphatic rings. The first kappa shape index (κ1) is 18.2. The van der Waals surface area contributed by atoms with Crippen LogP contribution in [0.15, 0.2) is 89.4 Å². The van der Waals surface area contributed by atoms with Crippen molar-refractivity contribution in [3.05, 3.63) is 106 Å². The minimum atomic E-state index is -0.0559. The maximum Gasteiger partial charge on any atom is 0.227 e. The molecule has 3 aromatic carbocycles. The lowest BCUT2D eigenvalue weighted by Crippen LogP contribution is -2.20. The second kappa shape index (κ2) is 7.50. The fraction of sp³-hybridized carbons (Fsp3) is 0.0435. The molecule has 0 aliphatic carbocycles. The van der Waals surface area contributed by atoms with Crippen LogP contribution in [0.1, 0.15) is 17.2 Å². The van der Waals surface area contributed by atoms with Crippen molar-refractivity contribution in [2.24, 2.45) is 0 Å². The Hall–Kier alpha value is -2.89. The molecule has 0 unspecified atom stereocenters. The lowest BCUT2D eigenvalue weighted by atomic mass is 10.0. The Balaban J connectivity index is 1.61. The summed E-state index contributed by atoms with van der Waals surface area (Å²) in [5.41, 5.74) is 4.18. The quantitative estimate of drug-likeness (QED) is 0.381. The number of fused-ring (bicyclic) bond motifs is 1. The van der Waals surface area contributed by atoms with E-state index in [0.29, 0.717) is 16.8 Å². The number of benzene rings is 3. The minimum absolute atomic E-state index is 0.0559. The molecule has 0 bridgehead atoms. The third-order valence-electron chi connectivity index (χ3n) is 4.86. The highest BCUT2D eigenvalue weighted by molar-refractivity contribution is 9.10. The summed E-state index contributed by atoms with van der Waals surface area (Å²) in [6.07, 6.45) is 2.19. The SMILES string of the molecule is Clc1ccc(-c2nc3n(n2)[C@@H](c2ccccc2)C=C(c2ccc(Br)cc2)N3)cc1. The van der Waals surface area contributed by atoms with E-state index in [2.05, 4.69) is 51.6 Å². The number of allylic oxidation sites excluding steroid dienone is 1. The summed E-state index contributed by atoms with van der Waals surface area (Å²) in [7, 11) is 0. The van der Waals surface area contributed by atoms with E-state index in [4.69, 9.17) is 21.7 Å². The van der Waals surface area contributed by atoms with Crippen LogP contribution in [0.5, 0.6) is 0 Å². The van der Waals surface area contributed by atoms with Crippen molar-refractivity contribution in [1.82, 2.24) is 14.8 Å². The Kier molecular flexibility index (Phi) is 4.70. The van der Waals surface area contributed by atoms with Crippen LogP contribution in [0, 0.1) is 0 Å². The van der Waals surface area contributed by atoms with E-state index in [1.54, 1.807) is 0 Å². The molecule has 1 atom stereocenters. The monoisotopic (exact) mass is 462 g/mol. The predicted molar refractivity (Wildman–Crippen MR) is 121 cm³/mol. The molecule has 2 heterocycles. The van der Waals surface area contributed by atoms with Gasteiger partial charge in [-0.2, -0.15) is 4.98 Å². The van der Waals surface area contributed by atoms with E-state index in [0.717, 1.165) is 26.9 Å². The van der Waals surface area contributed by atoms with Gasteiger partial charge in [-0.15, -0.1) is 5.10 Å².